The standard InChI is InChI=1S/C6H11N3S/c1-2-5(10)3-6-7-4-8-9-6/h4-5,10H,2-3H2,1H3,(H,7,8,9). The van der Waals surface area contributed by atoms with Crippen molar-refractivity contribution >= 4 is 12.6 Å². The van der Waals surface area contributed by atoms with Gasteiger partial charge in [-0.2, -0.15) is 17.7 Å². The van der Waals surface area contributed by atoms with Crippen molar-refractivity contribution in [2.24, 2.45) is 0 Å². The van der Waals surface area contributed by atoms with Crippen LogP contribution in [0.1, 0.15) is 19.2 Å². The van der Waals surface area contributed by atoms with E-state index in [1.807, 2.05) is 0 Å². The number of nitrogens with one attached hydrogen (secondary N) is 1. The zero-order chi connectivity index (χ0) is 7.40. The average Bonchev–Trinajstić information content (AvgIpc) is 2.40. The summed E-state index contributed by atoms with van der Waals surface area (Å²) >= 11 is 4.33. The Labute approximate surface area is 65.7 Å². The molecule has 0 saturated carbocycles. The molecule has 10 heavy (non-hydrogen) atoms. The zero-order valence-corrected chi connectivity index (χ0v) is 6.80. The largest absolute Gasteiger partial charge is 0.263 e. The highest BCUT2D eigenvalue weighted by molar-refractivity contribution is 7.80. The van der Waals surface area contributed by atoms with Gasteiger partial charge in [0.25, 0.3) is 0 Å². The van der Waals surface area contributed by atoms with Crippen molar-refractivity contribution < 1.29 is 0 Å². The van der Waals surface area contributed by atoms with Crippen LogP contribution in [0.3, 0.4) is 0 Å². The molecule has 1 heterocycles. The minimum absolute atomic E-state index is 0.396. The van der Waals surface area contributed by atoms with Gasteiger partial charge in [0.1, 0.15) is 12.2 Å². The maximum atomic E-state index is 4.33. The Kier molecular flexibility index (Phi) is 2.74. The lowest BCUT2D eigenvalue weighted by Crippen LogP contribution is -2.02. The number of hydrogen-bond donors (Lipinski definition) is 2. The lowest BCUT2D eigenvalue weighted by Gasteiger charge is -2.02. The summed E-state index contributed by atoms with van der Waals surface area (Å²) < 4.78 is 0. The van der Waals surface area contributed by atoms with Crippen molar-refractivity contribution in [3.63, 3.8) is 0 Å². The lowest BCUT2D eigenvalue weighted by atomic mass is 10.2. The van der Waals surface area contributed by atoms with Gasteiger partial charge in [-0.25, -0.2) is 4.98 Å². The van der Waals surface area contributed by atoms with Crippen LogP contribution >= 0.6 is 12.6 Å². The molecule has 4 heteroatoms. The van der Waals surface area contributed by atoms with Crippen molar-refractivity contribution in [2.75, 3.05) is 0 Å². The van der Waals surface area contributed by atoms with Gasteiger partial charge < -0.3 is 0 Å². The Balaban J connectivity index is 2.40. The molecular weight excluding hydrogens is 146 g/mol. The van der Waals surface area contributed by atoms with Crippen molar-refractivity contribution in [3.05, 3.63) is 12.2 Å². The summed E-state index contributed by atoms with van der Waals surface area (Å²) in [6.45, 7) is 2.11. The molecule has 1 aromatic heterocycles. The van der Waals surface area contributed by atoms with E-state index >= 15 is 0 Å². The first kappa shape index (κ1) is 7.60. The maximum absolute atomic E-state index is 4.33. The molecule has 0 aliphatic rings. The first-order valence-electron chi connectivity index (χ1n) is 3.35. The summed E-state index contributed by atoms with van der Waals surface area (Å²) in [4.78, 5) is 3.99. The van der Waals surface area contributed by atoms with Crippen molar-refractivity contribution in [3.8, 4) is 0 Å². The molecule has 0 fully saturated rings. The molecular formula is C6H11N3S. The molecule has 0 aromatic carbocycles. The predicted molar refractivity (Wildman–Crippen MR) is 43.2 cm³/mol. The quantitative estimate of drug-likeness (QED) is 0.644. The third kappa shape index (κ3) is 2.02. The monoisotopic (exact) mass is 157 g/mol. The van der Waals surface area contributed by atoms with E-state index < -0.39 is 0 Å². The van der Waals surface area contributed by atoms with E-state index in [1.54, 1.807) is 0 Å². The fraction of sp³-hybridized carbons (Fsp3) is 0.667. The summed E-state index contributed by atoms with van der Waals surface area (Å²) in [6, 6.07) is 0. The van der Waals surface area contributed by atoms with Gasteiger partial charge in [0.05, 0.1) is 0 Å². The van der Waals surface area contributed by atoms with Crippen LogP contribution in [-0.4, -0.2) is 20.4 Å². The van der Waals surface area contributed by atoms with E-state index in [1.165, 1.54) is 6.33 Å². The number of rotatable bonds is 3. The second-order valence-corrected chi connectivity index (χ2v) is 2.93. The fourth-order valence-electron chi connectivity index (χ4n) is 0.697. The van der Waals surface area contributed by atoms with E-state index in [9.17, 15) is 0 Å². The third-order valence-electron chi connectivity index (χ3n) is 1.37. The minimum Gasteiger partial charge on any atom is -0.263 e. The summed E-state index contributed by atoms with van der Waals surface area (Å²) in [7, 11) is 0. The second kappa shape index (κ2) is 3.61. The van der Waals surface area contributed by atoms with Crippen LogP contribution in [-0.2, 0) is 6.42 Å². The molecule has 0 aliphatic heterocycles. The van der Waals surface area contributed by atoms with Gasteiger partial charge in [0, 0.05) is 11.7 Å². The SMILES string of the molecule is CCC(S)Cc1ncn[nH]1. The molecule has 0 aliphatic carbocycles. The first-order chi connectivity index (χ1) is 4.83. The summed E-state index contributed by atoms with van der Waals surface area (Å²) in [5.74, 6) is 0.918. The number of nitrogens with zero attached hydrogens (tertiary/aromatic N) is 2. The van der Waals surface area contributed by atoms with Crippen LogP contribution in [0, 0.1) is 0 Å². The van der Waals surface area contributed by atoms with Crippen LogP contribution in [0.15, 0.2) is 6.33 Å². The molecule has 56 valence electrons. The van der Waals surface area contributed by atoms with Crippen molar-refractivity contribution in [1.82, 2.24) is 15.2 Å². The summed E-state index contributed by atoms with van der Waals surface area (Å²) in [5, 5.41) is 6.93. The van der Waals surface area contributed by atoms with E-state index in [0.29, 0.717) is 5.25 Å². The van der Waals surface area contributed by atoms with Crippen LogP contribution < -0.4 is 0 Å². The Hall–Kier alpha value is -0.510. The Morgan fingerprint density at radius 3 is 3.10 bits per heavy atom. The van der Waals surface area contributed by atoms with E-state index in [0.717, 1.165) is 18.7 Å². The molecule has 0 amide bonds. The van der Waals surface area contributed by atoms with Gasteiger partial charge in [-0.1, -0.05) is 6.92 Å². The van der Waals surface area contributed by atoms with Gasteiger partial charge in [-0.05, 0) is 6.42 Å². The molecule has 1 aromatic rings. The Morgan fingerprint density at radius 2 is 2.60 bits per heavy atom. The van der Waals surface area contributed by atoms with Crippen LogP contribution in [0.2, 0.25) is 0 Å². The van der Waals surface area contributed by atoms with Crippen molar-refractivity contribution in [2.45, 2.75) is 25.0 Å². The van der Waals surface area contributed by atoms with E-state index in [4.69, 9.17) is 0 Å². The van der Waals surface area contributed by atoms with Crippen LogP contribution in [0.25, 0.3) is 0 Å². The van der Waals surface area contributed by atoms with Gasteiger partial charge in [-0.15, -0.1) is 0 Å². The zero-order valence-electron chi connectivity index (χ0n) is 5.91. The highest BCUT2D eigenvalue weighted by Gasteiger charge is 2.02. The average molecular weight is 157 g/mol. The van der Waals surface area contributed by atoms with Gasteiger partial charge in [0.15, 0.2) is 0 Å². The number of aromatic amines is 1. The molecule has 0 spiro atoms. The predicted octanol–water partition coefficient (Wildman–Crippen LogP) is 1.06. The molecule has 3 nitrogen and oxygen atoms in total. The molecule has 1 atom stereocenters. The van der Waals surface area contributed by atoms with Crippen molar-refractivity contribution in [1.29, 1.82) is 0 Å². The number of H-pyrrole nitrogens is 1. The number of thiol groups is 1. The molecule has 0 radical (unpaired) electrons. The van der Waals surface area contributed by atoms with E-state index in [2.05, 4.69) is 34.7 Å². The minimum atomic E-state index is 0.396. The smallest absolute Gasteiger partial charge is 0.137 e. The normalized spacial score (nSPS) is 13.4. The highest BCUT2D eigenvalue weighted by atomic mass is 32.1. The van der Waals surface area contributed by atoms with Crippen LogP contribution in [0.5, 0.6) is 0 Å². The van der Waals surface area contributed by atoms with Gasteiger partial charge >= 0.3 is 0 Å². The van der Waals surface area contributed by atoms with Crippen LogP contribution in [0.4, 0.5) is 0 Å². The van der Waals surface area contributed by atoms with Gasteiger partial charge in [-0.3, -0.25) is 5.10 Å². The topological polar surface area (TPSA) is 41.6 Å². The molecule has 1 N–H and O–H groups in total. The number of hydrogen-bond acceptors (Lipinski definition) is 3. The summed E-state index contributed by atoms with van der Waals surface area (Å²) in [6.07, 6.45) is 3.45. The van der Waals surface area contributed by atoms with E-state index in [-0.39, 0.29) is 0 Å². The molecule has 0 bridgehead atoms. The summed E-state index contributed by atoms with van der Waals surface area (Å²) in [5.41, 5.74) is 0. The Morgan fingerprint density at radius 1 is 1.80 bits per heavy atom. The highest BCUT2D eigenvalue weighted by Crippen LogP contribution is 2.05. The lowest BCUT2D eigenvalue weighted by molar-refractivity contribution is 0.779. The fourth-order valence-corrected chi connectivity index (χ4v) is 0.870. The first-order valence-corrected chi connectivity index (χ1v) is 3.87. The second-order valence-electron chi connectivity index (χ2n) is 2.20. The Bertz CT molecular complexity index is 173. The third-order valence-corrected chi connectivity index (χ3v) is 1.91. The maximum Gasteiger partial charge on any atom is 0.137 e. The molecule has 0 saturated heterocycles. The van der Waals surface area contributed by atoms with Gasteiger partial charge in [0.2, 0.25) is 0 Å². The molecule has 1 unspecified atom stereocenters. The molecule has 1 rings (SSSR count). The number of aromatic nitrogens is 3.